The molecule has 0 atom stereocenters. The number of methoxy groups -OCH3 is 1. The molecular weight excluding hydrogens is 167 g/mol. The molecule has 0 fully saturated rings. The Kier molecular flexibility index (Phi) is 3.48. The second-order valence-electron chi connectivity index (χ2n) is 2.72. The van der Waals surface area contributed by atoms with Crippen LogP contribution in [0.4, 0.5) is 4.39 Å². The summed E-state index contributed by atoms with van der Waals surface area (Å²) in [5.74, 6) is 5.12. The summed E-state index contributed by atoms with van der Waals surface area (Å²) in [5.41, 5.74) is 1.32. The Labute approximate surface area is 77.5 Å². The van der Waals surface area contributed by atoms with Gasteiger partial charge in [-0.05, 0) is 24.6 Å². The van der Waals surface area contributed by atoms with Gasteiger partial charge in [0.25, 0.3) is 0 Å². The summed E-state index contributed by atoms with van der Waals surface area (Å²) in [4.78, 5) is 0. The lowest BCUT2D eigenvalue weighted by Crippen LogP contribution is -1.86. The average Bonchev–Trinajstić information content (AvgIpc) is 2.09. The van der Waals surface area contributed by atoms with Crippen LogP contribution < -0.4 is 0 Å². The molecule has 0 radical (unpaired) electrons. The molecule has 0 saturated carbocycles. The molecule has 0 heterocycles. The Hall–Kier alpha value is -1.33. The lowest BCUT2D eigenvalue weighted by molar-refractivity contribution is 0.240. The first-order chi connectivity index (χ1) is 6.24. The maximum absolute atomic E-state index is 13.1. The van der Waals surface area contributed by atoms with Gasteiger partial charge in [-0.1, -0.05) is 17.9 Å². The van der Waals surface area contributed by atoms with E-state index in [0.717, 1.165) is 5.56 Å². The molecule has 0 bridgehead atoms. The minimum atomic E-state index is -0.274. The van der Waals surface area contributed by atoms with Gasteiger partial charge in [-0.15, -0.1) is 0 Å². The fourth-order valence-corrected chi connectivity index (χ4v) is 0.925. The number of hydrogen-bond acceptors (Lipinski definition) is 1. The van der Waals surface area contributed by atoms with Crippen LogP contribution >= 0.6 is 0 Å². The van der Waals surface area contributed by atoms with Crippen LogP contribution in [0.2, 0.25) is 0 Å². The Morgan fingerprint density at radius 1 is 1.46 bits per heavy atom. The van der Waals surface area contributed by atoms with E-state index in [-0.39, 0.29) is 5.82 Å². The summed E-state index contributed by atoms with van der Waals surface area (Å²) in [7, 11) is 1.56. The molecule has 0 aliphatic carbocycles. The summed E-state index contributed by atoms with van der Waals surface area (Å²) in [5, 5.41) is 0. The van der Waals surface area contributed by atoms with Crippen molar-refractivity contribution < 1.29 is 9.13 Å². The third-order valence-corrected chi connectivity index (χ3v) is 1.56. The highest BCUT2D eigenvalue weighted by Crippen LogP contribution is 2.07. The SMILES string of the molecule is COCC#Cc1ccc(C)cc1F. The van der Waals surface area contributed by atoms with Gasteiger partial charge in [0, 0.05) is 7.11 Å². The summed E-state index contributed by atoms with van der Waals surface area (Å²) in [6.07, 6.45) is 0. The molecule has 0 amide bonds. The maximum Gasteiger partial charge on any atom is 0.139 e. The monoisotopic (exact) mass is 178 g/mol. The summed E-state index contributed by atoms with van der Waals surface area (Å²) in [6, 6.07) is 4.98. The van der Waals surface area contributed by atoms with Gasteiger partial charge in [0.1, 0.15) is 12.4 Å². The van der Waals surface area contributed by atoms with Gasteiger partial charge >= 0.3 is 0 Å². The smallest absolute Gasteiger partial charge is 0.139 e. The summed E-state index contributed by atoms with van der Waals surface area (Å²) >= 11 is 0. The van der Waals surface area contributed by atoms with E-state index < -0.39 is 0 Å². The fraction of sp³-hybridized carbons (Fsp3) is 0.273. The minimum absolute atomic E-state index is 0.274. The van der Waals surface area contributed by atoms with Crippen molar-refractivity contribution in [3.63, 3.8) is 0 Å². The van der Waals surface area contributed by atoms with E-state index in [1.54, 1.807) is 13.2 Å². The topological polar surface area (TPSA) is 9.23 Å². The van der Waals surface area contributed by atoms with Crippen molar-refractivity contribution in [3.8, 4) is 11.8 Å². The quantitative estimate of drug-likeness (QED) is 0.598. The molecule has 0 aromatic heterocycles. The molecule has 1 rings (SSSR count). The van der Waals surface area contributed by atoms with Crippen molar-refractivity contribution in [3.05, 3.63) is 35.1 Å². The van der Waals surface area contributed by atoms with E-state index in [1.807, 2.05) is 13.0 Å². The Morgan fingerprint density at radius 3 is 2.85 bits per heavy atom. The molecule has 0 aliphatic rings. The highest BCUT2D eigenvalue weighted by molar-refractivity contribution is 5.37. The van der Waals surface area contributed by atoms with Crippen LogP contribution in [0, 0.1) is 24.6 Å². The average molecular weight is 178 g/mol. The lowest BCUT2D eigenvalue weighted by atomic mass is 10.1. The predicted molar refractivity (Wildman–Crippen MR) is 49.9 cm³/mol. The zero-order chi connectivity index (χ0) is 9.68. The molecule has 0 spiro atoms. The van der Waals surface area contributed by atoms with E-state index in [9.17, 15) is 4.39 Å². The zero-order valence-electron chi connectivity index (χ0n) is 7.73. The Bertz CT molecular complexity index is 347. The largest absolute Gasteiger partial charge is 0.372 e. The first-order valence-electron chi connectivity index (χ1n) is 3.98. The van der Waals surface area contributed by atoms with E-state index in [4.69, 9.17) is 4.74 Å². The molecule has 0 aliphatic heterocycles. The van der Waals surface area contributed by atoms with Gasteiger partial charge in [0.15, 0.2) is 0 Å². The second-order valence-corrected chi connectivity index (χ2v) is 2.72. The number of aryl methyl sites for hydroxylation is 1. The van der Waals surface area contributed by atoms with Crippen LogP contribution in [-0.4, -0.2) is 13.7 Å². The molecule has 0 N–H and O–H groups in total. The third kappa shape index (κ3) is 2.89. The molecule has 1 nitrogen and oxygen atoms in total. The number of benzene rings is 1. The highest BCUT2D eigenvalue weighted by atomic mass is 19.1. The van der Waals surface area contributed by atoms with E-state index >= 15 is 0 Å². The first-order valence-corrected chi connectivity index (χ1v) is 3.98. The van der Waals surface area contributed by atoms with Crippen molar-refractivity contribution in [1.29, 1.82) is 0 Å². The molecule has 2 heteroatoms. The molecule has 1 aromatic carbocycles. The van der Waals surface area contributed by atoms with Gasteiger partial charge < -0.3 is 4.74 Å². The van der Waals surface area contributed by atoms with Crippen LogP contribution in [0.5, 0.6) is 0 Å². The number of ether oxygens (including phenoxy) is 1. The normalized spacial score (nSPS) is 9.15. The number of halogens is 1. The van der Waals surface area contributed by atoms with E-state index in [0.29, 0.717) is 12.2 Å². The standard InChI is InChI=1S/C11H11FO/c1-9-5-6-10(11(12)8-9)4-3-7-13-2/h5-6,8H,7H2,1-2H3. The van der Waals surface area contributed by atoms with Gasteiger partial charge in [-0.25, -0.2) is 4.39 Å². The van der Waals surface area contributed by atoms with Gasteiger partial charge in [-0.2, -0.15) is 0 Å². The predicted octanol–water partition coefficient (Wildman–Crippen LogP) is 2.13. The molecule has 0 saturated heterocycles. The van der Waals surface area contributed by atoms with Gasteiger partial charge in [0.05, 0.1) is 5.56 Å². The van der Waals surface area contributed by atoms with Crippen LogP contribution in [0.1, 0.15) is 11.1 Å². The van der Waals surface area contributed by atoms with Crippen LogP contribution in [-0.2, 0) is 4.74 Å². The molecule has 1 aromatic rings. The van der Waals surface area contributed by atoms with E-state index in [2.05, 4.69) is 11.8 Å². The van der Waals surface area contributed by atoms with Crippen molar-refractivity contribution in [2.75, 3.05) is 13.7 Å². The molecule has 13 heavy (non-hydrogen) atoms. The lowest BCUT2D eigenvalue weighted by Gasteiger charge is -1.95. The summed E-state index contributed by atoms with van der Waals surface area (Å²) in [6.45, 7) is 2.17. The molecular formula is C11H11FO. The minimum Gasteiger partial charge on any atom is -0.372 e. The Balaban J connectivity index is 2.85. The van der Waals surface area contributed by atoms with Crippen LogP contribution in [0.25, 0.3) is 0 Å². The van der Waals surface area contributed by atoms with Gasteiger partial charge in [-0.3, -0.25) is 0 Å². The Morgan fingerprint density at radius 2 is 2.23 bits per heavy atom. The number of rotatable bonds is 1. The molecule has 0 unspecified atom stereocenters. The van der Waals surface area contributed by atoms with Gasteiger partial charge in [0.2, 0.25) is 0 Å². The summed E-state index contributed by atoms with van der Waals surface area (Å²) < 4.78 is 17.9. The van der Waals surface area contributed by atoms with Crippen molar-refractivity contribution >= 4 is 0 Å². The van der Waals surface area contributed by atoms with Crippen molar-refractivity contribution in [2.45, 2.75) is 6.92 Å². The fourth-order valence-electron chi connectivity index (χ4n) is 0.925. The van der Waals surface area contributed by atoms with Crippen LogP contribution in [0.15, 0.2) is 18.2 Å². The van der Waals surface area contributed by atoms with Crippen molar-refractivity contribution in [1.82, 2.24) is 0 Å². The zero-order valence-corrected chi connectivity index (χ0v) is 7.73. The number of hydrogen-bond donors (Lipinski definition) is 0. The maximum atomic E-state index is 13.1. The van der Waals surface area contributed by atoms with Crippen molar-refractivity contribution in [2.24, 2.45) is 0 Å². The van der Waals surface area contributed by atoms with Crippen LogP contribution in [0.3, 0.4) is 0 Å². The first kappa shape index (κ1) is 9.76. The van der Waals surface area contributed by atoms with E-state index in [1.165, 1.54) is 6.07 Å². The second kappa shape index (κ2) is 4.64. The molecule has 68 valence electrons. The third-order valence-electron chi connectivity index (χ3n) is 1.56. The highest BCUT2D eigenvalue weighted by Gasteiger charge is 1.97.